The topological polar surface area (TPSA) is 91.6 Å². The molecule has 210 valence electrons. The maximum Gasteiger partial charge on any atom is 0.387 e. The fraction of sp³-hybridized carbons (Fsp3) is 0.357. The van der Waals surface area contributed by atoms with Gasteiger partial charge >= 0.3 is 12.6 Å². The summed E-state index contributed by atoms with van der Waals surface area (Å²) in [5.74, 6) is 0.704. The van der Waals surface area contributed by atoms with E-state index in [0.29, 0.717) is 35.4 Å². The van der Waals surface area contributed by atoms with Crippen LogP contribution in [0.3, 0.4) is 0 Å². The number of pyridine rings is 2. The average molecular weight is 572 g/mol. The second-order valence-corrected chi connectivity index (χ2v) is 9.94. The molecule has 4 aromatic rings. The summed E-state index contributed by atoms with van der Waals surface area (Å²) in [6.45, 7) is -0.613. The molecule has 1 aliphatic heterocycles. The van der Waals surface area contributed by atoms with Crippen LogP contribution in [0, 0.1) is 0 Å². The van der Waals surface area contributed by atoms with Gasteiger partial charge in [0.25, 0.3) is 0 Å². The first-order valence-corrected chi connectivity index (χ1v) is 13.1. The second-order valence-electron chi connectivity index (χ2n) is 9.51. The number of piperidine rings is 1. The Balaban J connectivity index is 1.24. The largest absolute Gasteiger partial charge is 0.471 e. The molecule has 12 heteroatoms. The van der Waals surface area contributed by atoms with Crippen LogP contribution >= 0.6 is 11.6 Å². The number of fused-ring (bicyclic) bond motifs is 1. The zero-order valence-electron chi connectivity index (χ0n) is 22.0. The third-order valence-electron chi connectivity index (χ3n) is 6.95. The molecule has 0 amide bonds. The highest BCUT2D eigenvalue weighted by Crippen LogP contribution is 2.32. The standard InChI is InChI=1S/C28H28ClF2N5O4/c1-35-22-12-18(27(37)38-2)13-23(40-28(30)31)26(22)34-24(35)15-36-10-8-17(9-11-36)21-4-3-5-25(33-21)39-16-20-7-6-19(29)14-32-20/h3-7,12-14,17,28H,8-11,15-16H2,1-2H3. The lowest BCUT2D eigenvalue weighted by atomic mass is 9.93. The Morgan fingerprint density at radius 1 is 1.15 bits per heavy atom. The lowest BCUT2D eigenvalue weighted by molar-refractivity contribution is -0.0489. The maximum absolute atomic E-state index is 13.1. The van der Waals surface area contributed by atoms with E-state index >= 15 is 0 Å². The molecule has 5 rings (SSSR count). The molecule has 4 heterocycles. The van der Waals surface area contributed by atoms with E-state index in [1.54, 1.807) is 29.9 Å². The number of hydrogen-bond acceptors (Lipinski definition) is 8. The fourth-order valence-electron chi connectivity index (χ4n) is 4.83. The van der Waals surface area contributed by atoms with E-state index in [4.69, 9.17) is 26.1 Å². The van der Waals surface area contributed by atoms with Crippen LogP contribution in [-0.4, -0.2) is 57.2 Å². The van der Waals surface area contributed by atoms with E-state index in [-0.39, 0.29) is 22.7 Å². The molecule has 0 aliphatic carbocycles. The van der Waals surface area contributed by atoms with Crippen molar-refractivity contribution < 1.29 is 27.8 Å². The first kappa shape index (κ1) is 27.7. The number of hydrogen-bond donors (Lipinski definition) is 0. The number of methoxy groups -OCH3 is 1. The lowest BCUT2D eigenvalue weighted by Gasteiger charge is -2.31. The van der Waals surface area contributed by atoms with Crippen molar-refractivity contribution in [2.24, 2.45) is 7.05 Å². The molecular formula is C28H28ClF2N5O4. The Morgan fingerprint density at radius 3 is 2.65 bits per heavy atom. The summed E-state index contributed by atoms with van der Waals surface area (Å²) in [5.41, 5.74) is 2.65. The van der Waals surface area contributed by atoms with Crippen LogP contribution in [0.5, 0.6) is 11.6 Å². The molecular weight excluding hydrogens is 544 g/mol. The molecule has 1 saturated heterocycles. The monoisotopic (exact) mass is 571 g/mol. The van der Waals surface area contributed by atoms with E-state index in [9.17, 15) is 13.6 Å². The van der Waals surface area contributed by atoms with Crippen LogP contribution in [0.25, 0.3) is 11.0 Å². The quantitative estimate of drug-likeness (QED) is 0.248. The summed E-state index contributed by atoms with van der Waals surface area (Å²) >= 11 is 5.89. The summed E-state index contributed by atoms with van der Waals surface area (Å²) in [6.07, 6.45) is 3.37. The molecule has 3 aromatic heterocycles. The maximum atomic E-state index is 13.1. The summed E-state index contributed by atoms with van der Waals surface area (Å²) in [7, 11) is 3.02. The van der Waals surface area contributed by atoms with Crippen molar-refractivity contribution in [2.45, 2.75) is 38.5 Å². The number of aromatic nitrogens is 4. The van der Waals surface area contributed by atoms with Crippen LogP contribution in [0.4, 0.5) is 8.78 Å². The third-order valence-corrected chi connectivity index (χ3v) is 7.18. The van der Waals surface area contributed by atoms with Crippen molar-refractivity contribution in [1.29, 1.82) is 0 Å². The molecule has 0 radical (unpaired) electrons. The average Bonchev–Trinajstić information content (AvgIpc) is 3.27. The molecule has 0 spiro atoms. The van der Waals surface area contributed by atoms with Gasteiger partial charge in [-0.15, -0.1) is 0 Å². The van der Waals surface area contributed by atoms with Gasteiger partial charge in [-0.05, 0) is 56.3 Å². The Labute approximate surface area is 234 Å². The number of carbonyl (C=O) groups excluding carboxylic acids is 1. The minimum Gasteiger partial charge on any atom is -0.471 e. The molecule has 0 saturated carbocycles. The molecule has 1 fully saturated rings. The number of halogens is 3. The molecule has 0 unspecified atom stereocenters. The smallest absolute Gasteiger partial charge is 0.387 e. The van der Waals surface area contributed by atoms with Crippen LogP contribution in [0.1, 0.15) is 46.3 Å². The van der Waals surface area contributed by atoms with Crippen molar-refractivity contribution in [3.8, 4) is 11.6 Å². The van der Waals surface area contributed by atoms with E-state index in [0.717, 1.165) is 37.3 Å². The highest BCUT2D eigenvalue weighted by molar-refractivity contribution is 6.30. The Kier molecular flexibility index (Phi) is 8.41. The van der Waals surface area contributed by atoms with E-state index < -0.39 is 12.6 Å². The normalized spacial score (nSPS) is 14.6. The van der Waals surface area contributed by atoms with Crippen molar-refractivity contribution in [3.63, 3.8) is 0 Å². The molecule has 1 aliphatic rings. The SMILES string of the molecule is COC(=O)c1cc(OC(F)F)c2nc(CN3CCC(c4cccc(OCc5ccc(Cl)cn5)n4)CC3)n(C)c2c1. The van der Waals surface area contributed by atoms with Crippen molar-refractivity contribution in [1.82, 2.24) is 24.4 Å². The highest BCUT2D eigenvalue weighted by atomic mass is 35.5. The van der Waals surface area contributed by atoms with Gasteiger partial charge in [0.05, 0.1) is 35.5 Å². The number of carbonyl (C=O) groups is 1. The van der Waals surface area contributed by atoms with E-state index in [2.05, 4.69) is 19.6 Å². The van der Waals surface area contributed by atoms with Crippen LogP contribution in [0.15, 0.2) is 48.7 Å². The Hall–Kier alpha value is -3.83. The zero-order chi connectivity index (χ0) is 28.2. The number of ether oxygens (including phenoxy) is 3. The number of imidazole rings is 1. The molecule has 0 atom stereocenters. The number of alkyl halides is 2. The number of rotatable bonds is 9. The van der Waals surface area contributed by atoms with Crippen LogP contribution in [0.2, 0.25) is 5.02 Å². The van der Waals surface area contributed by atoms with Gasteiger partial charge in [0.2, 0.25) is 5.88 Å². The predicted octanol–water partition coefficient (Wildman–Crippen LogP) is 5.36. The lowest BCUT2D eigenvalue weighted by Crippen LogP contribution is -2.33. The number of nitrogens with zero attached hydrogens (tertiary/aromatic N) is 5. The minimum absolute atomic E-state index is 0.115. The minimum atomic E-state index is -3.05. The van der Waals surface area contributed by atoms with Gasteiger partial charge in [0.15, 0.2) is 5.75 Å². The Bertz CT molecular complexity index is 1490. The summed E-state index contributed by atoms with van der Waals surface area (Å²) in [6, 6.07) is 12.2. The summed E-state index contributed by atoms with van der Waals surface area (Å²) in [4.78, 5) is 27.9. The third kappa shape index (κ3) is 6.31. The number of esters is 1. The predicted molar refractivity (Wildman–Crippen MR) is 144 cm³/mol. The van der Waals surface area contributed by atoms with Crippen molar-refractivity contribution >= 4 is 28.6 Å². The molecule has 0 bridgehead atoms. The van der Waals surface area contributed by atoms with E-state index in [1.807, 2.05) is 24.3 Å². The molecule has 0 N–H and O–H groups in total. The van der Waals surface area contributed by atoms with Gasteiger partial charge < -0.3 is 18.8 Å². The van der Waals surface area contributed by atoms with Crippen LogP contribution in [-0.2, 0) is 24.9 Å². The fourth-order valence-corrected chi connectivity index (χ4v) is 4.94. The van der Waals surface area contributed by atoms with E-state index in [1.165, 1.54) is 13.2 Å². The van der Waals surface area contributed by atoms with Crippen LogP contribution < -0.4 is 9.47 Å². The van der Waals surface area contributed by atoms with Gasteiger partial charge in [-0.3, -0.25) is 9.88 Å². The molecule has 1 aromatic carbocycles. The molecule has 9 nitrogen and oxygen atoms in total. The van der Waals surface area contributed by atoms with Gasteiger partial charge in [-0.25, -0.2) is 14.8 Å². The Morgan fingerprint density at radius 2 is 1.95 bits per heavy atom. The van der Waals surface area contributed by atoms with Gasteiger partial charge in [0.1, 0.15) is 17.9 Å². The van der Waals surface area contributed by atoms with Crippen molar-refractivity contribution in [2.75, 3.05) is 20.2 Å². The first-order valence-electron chi connectivity index (χ1n) is 12.8. The number of aryl methyl sites for hydroxylation is 1. The van der Waals surface area contributed by atoms with Gasteiger partial charge in [-0.2, -0.15) is 8.78 Å². The van der Waals surface area contributed by atoms with Gasteiger partial charge in [0, 0.05) is 30.9 Å². The van der Waals surface area contributed by atoms with Crippen molar-refractivity contribution in [3.05, 3.63) is 76.5 Å². The zero-order valence-corrected chi connectivity index (χ0v) is 22.8. The number of benzene rings is 1. The van der Waals surface area contributed by atoms with Gasteiger partial charge in [-0.1, -0.05) is 17.7 Å². The highest BCUT2D eigenvalue weighted by Gasteiger charge is 2.25. The second kappa shape index (κ2) is 12.1. The number of likely N-dealkylation sites (tertiary alicyclic amines) is 1. The summed E-state index contributed by atoms with van der Waals surface area (Å²) < 4.78 is 43.2. The molecule has 40 heavy (non-hydrogen) atoms. The summed E-state index contributed by atoms with van der Waals surface area (Å²) in [5, 5.41) is 0.574. The first-order chi connectivity index (χ1) is 19.3.